The Morgan fingerprint density at radius 1 is 1.09 bits per heavy atom. The lowest BCUT2D eigenvalue weighted by Gasteiger charge is -2.13. The van der Waals surface area contributed by atoms with Gasteiger partial charge >= 0.3 is 0 Å². The van der Waals surface area contributed by atoms with E-state index in [1.807, 2.05) is 31.2 Å². The normalized spacial score (nSPS) is 11.3. The molecule has 0 radical (unpaired) electrons. The van der Waals surface area contributed by atoms with E-state index in [2.05, 4.69) is 4.98 Å². The maximum Gasteiger partial charge on any atom is 0.263 e. The lowest BCUT2D eigenvalue weighted by atomic mass is 10.2. The van der Waals surface area contributed by atoms with E-state index >= 15 is 0 Å². The Kier molecular flexibility index (Phi) is 6.04. The Morgan fingerprint density at radius 3 is 2.68 bits per heavy atom. The Balaban J connectivity index is 1.59. The molecule has 10 heteroatoms. The minimum atomic E-state index is -0.259. The first-order valence-corrected chi connectivity index (χ1v) is 12.4. The third-order valence-electron chi connectivity index (χ3n) is 5.41. The molecule has 0 amide bonds. The number of para-hydroxylation sites is 1. The predicted octanol–water partition coefficient (Wildman–Crippen LogP) is 4.19. The van der Waals surface area contributed by atoms with Crippen LogP contribution < -0.4 is 11.1 Å². The molecule has 8 nitrogen and oxygen atoms in total. The van der Waals surface area contributed by atoms with Crippen molar-refractivity contribution in [2.45, 2.75) is 37.3 Å². The summed E-state index contributed by atoms with van der Waals surface area (Å²) in [7, 11) is 0. The summed E-state index contributed by atoms with van der Waals surface area (Å²) >= 11 is 2.81. The molecular formula is C24H19N5O3S2. The summed E-state index contributed by atoms with van der Waals surface area (Å²) in [5.74, 6) is 1.36. The minimum Gasteiger partial charge on any atom is -0.467 e. The fraction of sp³-hybridized carbons (Fsp3) is 0.208. The van der Waals surface area contributed by atoms with Crippen molar-refractivity contribution in [3.05, 3.63) is 85.9 Å². The highest BCUT2D eigenvalue weighted by Crippen LogP contribution is 2.27. The number of fused-ring (bicyclic) bond motifs is 2. The molecular weight excluding hydrogens is 470 g/mol. The number of nitriles is 1. The molecule has 34 heavy (non-hydrogen) atoms. The number of furan rings is 1. The third-order valence-corrected chi connectivity index (χ3v) is 7.56. The van der Waals surface area contributed by atoms with Gasteiger partial charge in [-0.1, -0.05) is 30.8 Å². The number of aryl methyl sites for hydroxylation is 1. The summed E-state index contributed by atoms with van der Waals surface area (Å²) in [6.45, 7) is 2.18. The lowest BCUT2D eigenvalue weighted by Crippen LogP contribution is -2.25. The zero-order chi connectivity index (χ0) is 23.7. The standard InChI is InChI=1S/C24H19N5O3S2/c1-2-16-12-18-21(34-16)27-24(29(23(18)31)13-15-6-5-11-32-15)33-14-20-26-19-8-4-3-7-17(19)22(30)28(20)10-9-25/h3-8,11-12H,2,10,13-14H2,1H3. The summed E-state index contributed by atoms with van der Waals surface area (Å²) in [5.41, 5.74) is 0.172. The van der Waals surface area contributed by atoms with E-state index < -0.39 is 0 Å². The molecule has 0 N–H and O–H groups in total. The van der Waals surface area contributed by atoms with Crippen LogP contribution >= 0.6 is 23.1 Å². The van der Waals surface area contributed by atoms with Crippen LogP contribution in [0.5, 0.6) is 0 Å². The van der Waals surface area contributed by atoms with Gasteiger partial charge in [0.25, 0.3) is 11.1 Å². The first-order chi connectivity index (χ1) is 16.6. The number of rotatable bonds is 7. The minimum absolute atomic E-state index is 0.108. The van der Waals surface area contributed by atoms with E-state index in [1.165, 1.54) is 27.7 Å². The molecule has 1 aromatic carbocycles. The van der Waals surface area contributed by atoms with Crippen molar-refractivity contribution in [3.63, 3.8) is 0 Å². The average Bonchev–Trinajstić information content (AvgIpc) is 3.52. The highest BCUT2D eigenvalue weighted by molar-refractivity contribution is 7.98. The van der Waals surface area contributed by atoms with Crippen molar-refractivity contribution in [1.29, 1.82) is 5.26 Å². The molecule has 5 aromatic rings. The molecule has 0 fully saturated rings. The largest absolute Gasteiger partial charge is 0.467 e. The predicted molar refractivity (Wildman–Crippen MR) is 132 cm³/mol. The van der Waals surface area contributed by atoms with Crippen molar-refractivity contribution >= 4 is 44.2 Å². The molecule has 0 spiro atoms. The number of thioether (sulfide) groups is 1. The molecule has 0 aliphatic carbocycles. The zero-order valence-corrected chi connectivity index (χ0v) is 19.9. The first-order valence-electron chi connectivity index (χ1n) is 10.6. The van der Waals surface area contributed by atoms with Gasteiger partial charge < -0.3 is 4.42 Å². The molecule has 4 aromatic heterocycles. The van der Waals surface area contributed by atoms with Crippen molar-refractivity contribution in [3.8, 4) is 6.07 Å². The molecule has 5 rings (SSSR count). The second-order valence-electron chi connectivity index (χ2n) is 7.53. The van der Waals surface area contributed by atoms with Crippen LogP contribution in [0.25, 0.3) is 21.1 Å². The van der Waals surface area contributed by atoms with E-state index in [9.17, 15) is 14.9 Å². The highest BCUT2D eigenvalue weighted by atomic mass is 32.2. The van der Waals surface area contributed by atoms with E-state index in [0.29, 0.717) is 37.9 Å². The molecule has 0 bridgehead atoms. The number of hydrogen-bond acceptors (Lipinski definition) is 8. The lowest BCUT2D eigenvalue weighted by molar-refractivity contribution is 0.476. The van der Waals surface area contributed by atoms with E-state index in [-0.39, 0.29) is 30.0 Å². The SMILES string of the molecule is CCc1cc2c(=O)n(Cc3ccco3)c(SCc3nc4ccccc4c(=O)n3CC#N)nc2s1. The van der Waals surface area contributed by atoms with Gasteiger partial charge in [-0.25, -0.2) is 9.97 Å². The number of nitrogens with zero attached hydrogens (tertiary/aromatic N) is 5. The van der Waals surface area contributed by atoms with Gasteiger partial charge in [-0.3, -0.25) is 18.7 Å². The topological polar surface area (TPSA) is 107 Å². The Hall–Kier alpha value is -3.68. The Morgan fingerprint density at radius 2 is 1.91 bits per heavy atom. The van der Waals surface area contributed by atoms with Crippen LogP contribution in [0.15, 0.2) is 67.9 Å². The fourth-order valence-corrected chi connectivity index (χ4v) is 5.67. The smallest absolute Gasteiger partial charge is 0.263 e. The maximum atomic E-state index is 13.4. The summed E-state index contributed by atoms with van der Waals surface area (Å²) in [6.07, 6.45) is 2.39. The fourth-order valence-electron chi connectivity index (χ4n) is 3.72. The summed E-state index contributed by atoms with van der Waals surface area (Å²) in [5, 5.41) is 10.8. The van der Waals surface area contributed by atoms with Gasteiger partial charge in [0.2, 0.25) is 0 Å². The van der Waals surface area contributed by atoms with Gasteiger partial charge in [0.05, 0.1) is 40.9 Å². The highest BCUT2D eigenvalue weighted by Gasteiger charge is 2.18. The first kappa shape index (κ1) is 22.1. The number of benzene rings is 1. The van der Waals surface area contributed by atoms with Crippen LogP contribution in [0.1, 0.15) is 23.4 Å². The van der Waals surface area contributed by atoms with Crippen molar-refractivity contribution in [1.82, 2.24) is 19.1 Å². The molecule has 0 saturated carbocycles. The maximum absolute atomic E-state index is 13.4. The van der Waals surface area contributed by atoms with Crippen molar-refractivity contribution in [2.75, 3.05) is 0 Å². The number of hydrogen-bond donors (Lipinski definition) is 0. The molecule has 170 valence electrons. The monoisotopic (exact) mass is 489 g/mol. The van der Waals surface area contributed by atoms with Gasteiger partial charge in [0.15, 0.2) is 5.16 Å². The van der Waals surface area contributed by atoms with Crippen LogP contribution in [-0.4, -0.2) is 19.1 Å². The summed E-state index contributed by atoms with van der Waals surface area (Å²) in [6, 6.07) is 14.6. The van der Waals surface area contributed by atoms with Gasteiger partial charge in [0.1, 0.15) is 23.0 Å². The van der Waals surface area contributed by atoms with Crippen LogP contribution in [0.3, 0.4) is 0 Å². The number of aromatic nitrogens is 4. The van der Waals surface area contributed by atoms with Crippen LogP contribution in [-0.2, 0) is 25.3 Å². The molecule has 0 atom stereocenters. The van der Waals surface area contributed by atoms with E-state index in [4.69, 9.17) is 9.40 Å². The second-order valence-corrected chi connectivity index (χ2v) is 9.59. The zero-order valence-electron chi connectivity index (χ0n) is 18.2. The van der Waals surface area contributed by atoms with E-state index in [1.54, 1.807) is 35.1 Å². The van der Waals surface area contributed by atoms with Crippen molar-refractivity contribution in [2.24, 2.45) is 0 Å². The van der Waals surface area contributed by atoms with Crippen LogP contribution in [0, 0.1) is 11.3 Å². The van der Waals surface area contributed by atoms with Gasteiger partial charge in [0, 0.05) is 4.88 Å². The van der Waals surface area contributed by atoms with Crippen LogP contribution in [0.4, 0.5) is 0 Å². The van der Waals surface area contributed by atoms with Gasteiger partial charge in [-0.05, 0) is 36.8 Å². The Labute approximate surface area is 202 Å². The summed E-state index contributed by atoms with van der Waals surface area (Å²) < 4.78 is 8.44. The number of thiophene rings is 1. The average molecular weight is 490 g/mol. The van der Waals surface area contributed by atoms with Crippen LogP contribution in [0.2, 0.25) is 0 Å². The third kappa shape index (κ3) is 4.04. The molecule has 0 saturated heterocycles. The molecule has 0 unspecified atom stereocenters. The second kappa shape index (κ2) is 9.29. The summed E-state index contributed by atoms with van der Waals surface area (Å²) in [4.78, 5) is 37.5. The molecule has 0 aliphatic heterocycles. The van der Waals surface area contributed by atoms with Crippen molar-refractivity contribution < 1.29 is 4.42 Å². The molecule has 0 aliphatic rings. The van der Waals surface area contributed by atoms with E-state index in [0.717, 1.165) is 11.3 Å². The van der Waals surface area contributed by atoms with Gasteiger partial charge in [-0.2, -0.15) is 5.26 Å². The van der Waals surface area contributed by atoms with Gasteiger partial charge in [-0.15, -0.1) is 11.3 Å². The Bertz CT molecular complexity index is 1660. The quantitative estimate of drug-likeness (QED) is 0.249. The molecule has 4 heterocycles.